The summed E-state index contributed by atoms with van der Waals surface area (Å²) in [4.78, 5) is 23.7. The maximum absolute atomic E-state index is 12.4. The molecule has 2 aromatic rings. The highest BCUT2D eigenvalue weighted by Gasteiger charge is 2.18. The third kappa shape index (κ3) is 4.24. The van der Waals surface area contributed by atoms with Gasteiger partial charge in [0.2, 0.25) is 5.91 Å². The quantitative estimate of drug-likeness (QED) is 0.796. The van der Waals surface area contributed by atoms with E-state index in [1.165, 1.54) is 6.92 Å². The van der Waals surface area contributed by atoms with Crippen molar-refractivity contribution in [1.82, 2.24) is 15.1 Å². The van der Waals surface area contributed by atoms with E-state index in [0.29, 0.717) is 23.1 Å². The van der Waals surface area contributed by atoms with Crippen molar-refractivity contribution >= 4 is 23.2 Å². The molecule has 0 bridgehead atoms. The van der Waals surface area contributed by atoms with Crippen LogP contribution in [0.15, 0.2) is 30.5 Å². The number of hydrogen-bond donors (Lipinski definition) is 3. The van der Waals surface area contributed by atoms with Gasteiger partial charge in [0.1, 0.15) is 0 Å². The topological polar surface area (TPSA) is 88.0 Å². The molecule has 2 amide bonds. The normalized spacial score (nSPS) is 17.1. The van der Waals surface area contributed by atoms with Crippen molar-refractivity contribution in [3.63, 3.8) is 0 Å². The van der Waals surface area contributed by atoms with Crippen molar-refractivity contribution in [2.45, 2.75) is 32.7 Å². The Morgan fingerprint density at radius 3 is 2.84 bits per heavy atom. The molecule has 1 aliphatic heterocycles. The standard InChI is InChI=1S/C18H23N5O2/c1-12-5-6-14(10-17(12)20-13(2)24)21-18(25)16-7-9-23(22-16)15-4-3-8-19-11-15/h5-7,9-10,15,19H,3-4,8,11H2,1-2H3,(H,20,24)(H,21,25). The lowest BCUT2D eigenvalue weighted by molar-refractivity contribution is -0.114. The fourth-order valence-corrected chi connectivity index (χ4v) is 2.94. The molecule has 3 N–H and O–H groups in total. The maximum atomic E-state index is 12.4. The summed E-state index contributed by atoms with van der Waals surface area (Å²) in [7, 11) is 0. The van der Waals surface area contributed by atoms with Crippen molar-refractivity contribution in [3.05, 3.63) is 41.7 Å². The van der Waals surface area contributed by atoms with Crippen LogP contribution in [0.5, 0.6) is 0 Å². The van der Waals surface area contributed by atoms with Crippen molar-refractivity contribution in [3.8, 4) is 0 Å². The highest BCUT2D eigenvalue weighted by molar-refractivity contribution is 6.03. The van der Waals surface area contributed by atoms with Gasteiger partial charge in [0, 0.05) is 31.0 Å². The van der Waals surface area contributed by atoms with Gasteiger partial charge in [-0.05, 0) is 50.1 Å². The van der Waals surface area contributed by atoms with Gasteiger partial charge in [-0.2, -0.15) is 5.10 Å². The molecule has 1 aromatic carbocycles. The lowest BCUT2D eigenvalue weighted by Gasteiger charge is -2.22. The van der Waals surface area contributed by atoms with Crippen molar-refractivity contribution in [2.24, 2.45) is 0 Å². The van der Waals surface area contributed by atoms with Crippen LogP contribution in [0, 0.1) is 6.92 Å². The van der Waals surface area contributed by atoms with Crippen LogP contribution < -0.4 is 16.0 Å². The van der Waals surface area contributed by atoms with Crippen LogP contribution in [0.3, 0.4) is 0 Å². The second kappa shape index (κ2) is 7.48. The highest BCUT2D eigenvalue weighted by atomic mass is 16.2. The van der Waals surface area contributed by atoms with Gasteiger partial charge in [-0.3, -0.25) is 14.3 Å². The Morgan fingerprint density at radius 2 is 2.12 bits per heavy atom. The average molecular weight is 341 g/mol. The molecule has 0 radical (unpaired) electrons. The van der Waals surface area contributed by atoms with Crippen LogP contribution in [0.4, 0.5) is 11.4 Å². The van der Waals surface area contributed by atoms with Crippen molar-refractivity contribution in [2.75, 3.05) is 23.7 Å². The second-order valence-electron chi connectivity index (χ2n) is 6.35. The molecule has 25 heavy (non-hydrogen) atoms. The van der Waals surface area contributed by atoms with E-state index in [9.17, 15) is 9.59 Å². The number of aromatic nitrogens is 2. The first-order chi connectivity index (χ1) is 12.0. The van der Waals surface area contributed by atoms with Crippen LogP contribution in [-0.2, 0) is 4.79 Å². The molecule has 1 aromatic heterocycles. The Kier molecular flexibility index (Phi) is 5.14. The minimum absolute atomic E-state index is 0.147. The molecule has 2 heterocycles. The van der Waals surface area contributed by atoms with E-state index in [1.807, 2.05) is 23.9 Å². The molecule has 0 spiro atoms. The summed E-state index contributed by atoms with van der Waals surface area (Å²) in [5.41, 5.74) is 2.62. The molecule has 1 fully saturated rings. The van der Waals surface area contributed by atoms with Gasteiger partial charge in [-0.15, -0.1) is 0 Å². The van der Waals surface area contributed by atoms with Gasteiger partial charge in [-0.25, -0.2) is 0 Å². The zero-order valence-electron chi connectivity index (χ0n) is 14.5. The number of carbonyl (C=O) groups is 2. The zero-order chi connectivity index (χ0) is 17.8. The van der Waals surface area contributed by atoms with Gasteiger partial charge in [0.15, 0.2) is 5.69 Å². The molecule has 7 nitrogen and oxygen atoms in total. The molecule has 1 atom stereocenters. The fraction of sp³-hybridized carbons (Fsp3) is 0.389. The van der Waals surface area contributed by atoms with Crippen molar-refractivity contribution < 1.29 is 9.59 Å². The Labute approximate surface area is 146 Å². The molecular formula is C18H23N5O2. The summed E-state index contributed by atoms with van der Waals surface area (Å²) < 4.78 is 1.86. The third-order valence-electron chi connectivity index (χ3n) is 4.29. The second-order valence-corrected chi connectivity index (χ2v) is 6.35. The maximum Gasteiger partial charge on any atom is 0.276 e. The van der Waals surface area contributed by atoms with E-state index in [-0.39, 0.29) is 11.8 Å². The minimum Gasteiger partial charge on any atom is -0.326 e. The van der Waals surface area contributed by atoms with E-state index < -0.39 is 0 Å². The minimum atomic E-state index is -0.264. The van der Waals surface area contributed by atoms with Gasteiger partial charge < -0.3 is 16.0 Å². The summed E-state index contributed by atoms with van der Waals surface area (Å²) >= 11 is 0. The smallest absolute Gasteiger partial charge is 0.276 e. The summed E-state index contributed by atoms with van der Waals surface area (Å²) in [5, 5.41) is 13.3. The van der Waals surface area contributed by atoms with Crippen LogP contribution >= 0.6 is 0 Å². The molecule has 7 heteroatoms. The van der Waals surface area contributed by atoms with Crippen LogP contribution in [-0.4, -0.2) is 34.7 Å². The van der Waals surface area contributed by atoms with E-state index >= 15 is 0 Å². The number of anilines is 2. The van der Waals surface area contributed by atoms with Gasteiger partial charge in [0.05, 0.1) is 6.04 Å². The zero-order valence-corrected chi connectivity index (χ0v) is 14.5. The lowest BCUT2D eigenvalue weighted by Crippen LogP contribution is -2.32. The SMILES string of the molecule is CC(=O)Nc1cc(NC(=O)c2ccn(C3CCCNC3)n2)ccc1C. The monoisotopic (exact) mass is 341 g/mol. The Balaban J connectivity index is 1.70. The van der Waals surface area contributed by atoms with Gasteiger partial charge in [0.25, 0.3) is 5.91 Å². The number of amides is 2. The van der Waals surface area contributed by atoms with Gasteiger partial charge >= 0.3 is 0 Å². The predicted octanol–water partition coefficient (Wildman–Crippen LogP) is 2.33. The number of nitrogens with one attached hydrogen (secondary N) is 3. The lowest BCUT2D eigenvalue weighted by atomic mass is 10.1. The summed E-state index contributed by atoms with van der Waals surface area (Å²) in [5.74, 6) is -0.411. The third-order valence-corrected chi connectivity index (χ3v) is 4.29. The number of nitrogens with zero attached hydrogens (tertiary/aromatic N) is 2. The fourth-order valence-electron chi connectivity index (χ4n) is 2.94. The van der Waals surface area contributed by atoms with Gasteiger partial charge in [-0.1, -0.05) is 6.07 Å². The number of rotatable bonds is 4. The summed E-state index contributed by atoms with van der Waals surface area (Å²) in [6.45, 7) is 5.27. The van der Waals surface area contributed by atoms with E-state index in [0.717, 1.165) is 31.5 Å². The molecule has 132 valence electrons. The number of carbonyl (C=O) groups excluding carboxylic acids is 2. The Morgan fingerprint density at radius 1 is 1.28 bits per heavy atom. The molecule has 1 aliphatic rings. The van der Waals surface area contributed by atoms with Crippen LogP contribution in [0.1, 0.15) is 41.9 Å². The predicted molar refractivity (Wildman–Crippen MR) is 96.8 cm³/mol. The van der Waals surface area contributed by atoms with Crippen LogP contribution in [0.2, 0.25) is 0 Å². The average Bonchev–Trinajstić information content (AvgIpc) is 3.08. The summed E-state index contributed by atoms with van der Waals surface area (Å²) in [6.07, 6.45) is 4.03. The number of hydrogen-bond acceptors (Lipinski definition) is 4. The van der Waals surface area contributed by atoms with E-state index in [1.54, 1.807) is 18.2 Å². The first kappa shape index (κ1) is 17.2. The number of piperidine rings is 1. The Hall–Kier alpha value is -2.67. The van der Waals surface area contributed by atoms with E-state index in [2.05, 4.69) is 21.0 Å². The number of aryl methyl sites for hydroxylation is 1. The molecule has 3 rings (SSSR count). The molecule has 0 aliphatic carbocycles. The highest BCUT2D eigenvalue weighted by Crippen LogP contribution is 2.21. The Bertz CT molecular complexity index is 778. The van der Waals surface area contributed by atoms with Crippen molar-refractivity contribution in [1.29, 1.82) is 0 Å². The number of benzene rings is 1. The molecule has 1 unspecified atom stereocenters. The molecule has 0 saturated carbocycles. The van der Waals surface area contributed by atoms with E-state index in [4.69, 9.17) is 0 Å². The first-order valence-electron chi connectivity index (χ1n) is 8.48. The largest absolute Gasteiger partial charge is 0.326 e. The molecule has 1 saturated heterocycles. The first-order valence-corrected chi connectivity index (χ1v) is 8.48. The summed E-state index contributed by atoms with van der Waals surface area (Å²) in [6, 6.07) is 7.43. The molecular weight excluding hydrogens is 318 g/mol. The van der Waals surface area contributed by atoms with Crippen LogP contribution in [0.25, 0.3) is 0 Å².